The number of carbonyl (C=O) groups excluding carboxylic acids is 1. The summed E-state index contributed by atoms with van der Waals surface area (Å²) in [6.45, 7) is -0.475. The molecule has 0 aliphatic carbocycles. The molecule has 45 heavy (non-hydrogen) atoms. The third kappa shape index (κ3) is 6.64. The molecule has 246 valence electrons. The summed E-state index contributed by atoms with van der Waals surface area (Å²) in [5.41, 5.74) is 0.784. The Hall–Kier alpha value is -3.71. The number of phenolic OH excluding ortho intramolecular Hbond substituents is 3. The molecular weight excluding hydrogens is 604 g/mol. The summed E-state index contributed by atoms with van der Waals surface area (Å²) in [6, 6.07) is 6.64. The van der Waals surface area contributed by atoms with Crippen LogP contribution in [0.1, 0.15) is 24.2 Å². The predicted octanol–water partition coefficient (Wildman–Crippen LogP) is -1.48. The zero-order chi connectivity index (χ0) is 32.6. The van der Waals surface area contributed by atoms with Gasteiger partial charge in [-0.2, -0.15) is 0 Å². The van der Waals surface area contributed by atoms with Gasteiger partial charge in [-0.15, -0.1) is 0 Å². The summed E-state index contributed by atoms with van der Waals surface area (Å²) in [4.78, 5) is 12.2. The first kappa shape index (κ1) is 32.7. The van der Waals surface area contributed by atoms with Gasteiger partial charge in [0.05, 0.1) is 18.8 Å². The summed E-state index contributed by atoms with van der Waals surface area (Å²) in [5, 5.41) is 91.3. The second-order valence-electron chi connectivity index (χ2n) is 10.7. The van der Waals surface area contributed by atoms with Crippen LogP contribution in [0.25, 0.3) is 6.08 Å². The van der Waals surface area contributed by atoms with Crippen molar-refractivity contribution in [3.05, 3.63) is 47.5 Å². The molecule has 1 unspecified atom stereocenters. The number of aromatic hydroxyl groups is 3. The summed E-state index contributed by atoms with van der Waals surface area (Å²) < 4.78 is 34.3. The van der Waals surface area contributed by atoms with Gasteiger partial charge in [0.2, 0.25) is 6.29 Å². The molecule has 11 atom stereocenters. The average molecular weight is 639 g/mol. The number of benzene rings is 2. The fourth-order valence-corrected chi connectivity index (χ4v) is 5.27. The Morgan fingerprint density at radius 1 is 0.822 bits per heavy atom. The van der Waals surface area contributed by atoms with Crippen LogP contribution in [-0.2, 0) is 23.7 Å². The fourth-order valence-electron chi connectivity index (χ4n) is 5.27. The van der Waals surface area contributed by atoms with E-state index < -0.39 is 86.7 Å². The molecule has 2 fully saturated rings. The lowest BCUT2D eigenvalue weighted by Crippen LogP contribution is -2.65. The van der Waals surface area contributed by atoms with Gasteiger partial charge in [0.1, 0.15) is 66.1 Å². The van der Waals surface area contributed by atoms with E-state index in [0.717, 1.165) is 6.92 Å². The van der Waals surface area contributed by atoms with Crippen molar-refractivity contribution < 1.29 is 79.2 Å². The van der Waals surface area contributed by atoms with Gasteiger partial charge in [-0.3, -0.25) is 4.79 Å². The van der Waals surface area contributed by atoms with Crippen molar-refractivity contribution >= 4 is 12.0 Å². The Kier molecular flexibility index (Phi) is 9.68. The largest absolute Gasteiger partial charge is 0.508 e. The van der Waals surface area contributed by atoms with Crippen molar-refractivity contribution in [2.75, 3.05) is 13.2 Å². The molecule has 16 heteroatoms. The highest BCUT2D eigenvalue weighted by atomic mass is 16.7. The van der Waals surface area contributed by atoms with Gasteiger partial charge in [0.15, 0.2) is 23.9 Å². The van der Waals surface area contributed by atoms with E-state index in [4.69, 9.17) is 28.4 Å². The Balaban J connectivity index is 1.44. The maximum Gasteiger partial charge on any atom is 0.303 e. The number of hydrogen-bond donors (Lipinski definition) is 9. The number of ether oxygens (including phenoxy) is 6. The van der Waals surface area contributed by atoms with E-state index in [0.29, 0.717) is 11.1 Å². The van der Waals surface area contributed by atoms with Crippen molar-refractivity contribution in [2.24, 2.45) is 0 Å². The minimum Gasteiger partial charge on any atom is -0.508 e. The number of esters is 1. The number of aliphatic hydroxyl groups excluding tert-OH is 6. The van der Waals surface area contributed by atoms with Crippen molar-refractivity contribution in [3.63, 3.8) is 0 Å². The number of phenols is 3. The molecule has 9 N–H and O–H groups in total. The molecule has 0 spiro atoms. The van der Waals surface area contributed by atoms with Gasteiger partial charge in [0.25, 0.3) is 0 Å². The van der Waals surface area contributed by atoms with Crippen LogP contribution in [0.5, 0.6) is 28.7 Å². The molecule has 0 radical (unpaired) electrons. The number of aliphatic hydroxyl groups is 6. The summed E-state index contributed by atoms with van der Waals surface area (Å²) in [6.07, 6.45) is -14.0. The van der Waals surface area contributed by atoms with Gasteiger partial charge in [0, 0.05) is 24.6 Å². The van der Waals surface area contributed by atoms with Crippen LogP contribution in [-0.4, -0.2) is 127 Å². The summed E-state index contributed by atoms with van der Waals surface area (Å²) in [5.74, 6) is -1.76. The first-order chi connectivity index (χ1) is 21.4. The highest BCUT2D eigenvalue weighted by Gasteiger charge is 2.53. The molecule has 0 saturated carbocycles. The van der Waals surface area contributed by atoms with Crippen molar-refractivity contribution in [2.45, 2.75) is 74.4 Å². The maximum atomic E-state index is 12.2. The number of carbonyl (C=O) groups is 1. The van der Waals surface area contributed by atoms with Crippen LogP contribution in [0, 0.1) is 0 Å². The van der Waals surface area contributed by atoms with E-state index in [2.05, 4.69) is 0 Å². The van der Waals surface area contributed by atoms with Gasteiger partial charge < -0.3 is 74.4 Å². The van der Waals surface area contributed by atoms with Gasteiger partial charge in [-0.25, -0.2) is 0 Å². The van der Waals surface area contributed by atoms with E-state index in [1.165, 1.54) is 30.3 Å². The van der Waals surface area contributed by atoms with Gasteiger partial charge >= 0.3 is 5.97 Å². The predicted molar refractivity (Wildman–Crippen MR) is 147 cm³/mol. The number of hydrogen-bond acceptors (Lipinski definition) is 16. The Morgan fingerprint density at radius 3 is 2.18 bits per heavy atom. The van der Waals surface area contributed by atoms with E-state index in [1.54, 1.807) is 12.2 Å². The normalized spacial score (nSPS) is 34.4. The highest BCUT2D eigenvalue weighted by molar-refractivity contribution is 5.69. The highest BCUT2D eigenvalue weighted by Crippen LogP contribution is 2.43. The van der Waals surface area contributed by atoms with E-state index in [9.17, 15) is 50.8 Å². The molecule has 0 bridgehead atoms. The van der Waals surface area contributed by atoms with Crippen LogP contribution < -0.4 is 9.47 Å². The smallest absolute Gasteiger partial charge is 0.303 e. The Labute approximate surface area is 255 Å². The van der Waals surface area contributed by atoms with Crippen LogP contribution >= 0.6 is 0 Å². The molecule has 3 heterocycles. The third-order valence-corrected chi connectivity index (χ3v) is 7.59. The molecule has 5 rings (SSSR count). The first-order valence-electron chi connectivity index (χ1n) is 13.9. The van der Waals surface area contributed by atoms with Crippen LogP contribution in [0.15, 0.2) is 36.4 Å². The van der Waals surface area contributed by atoms with E-state index >= 15 is 0 Å². The molecule has 2 aromatic rings. The lowest BCUT2D eigenvalue weighted by atomic mass is 9.96. The monoisotopic (exact) mass is 638 g/mol. The molecule has 0 amide bonds. The zero-order valence-corrected chi connectivity index (χ0v) is 23.7. The standard InChI is InChI=1S/C29H34O16/c1-11(32)40-27-26(45-28-25(39)24(38)22(36)20(9-30)43-28)23(37)21(10-31)44-29(27)42-19-8-13(33)7-18-14(19)3-5-17(41-18)12-2-4-15(34)16(35)6-12/h2-8,17,20-31,33-39H,9-10H2,1H3/t17?,20-,21-,22-,23-,24+,25+,26+,27-,28+,29-/m1/s1. The van der Waals surface area contributed by atoms with E-state index in [-0.39, 0.29) is 28.7 Å². The second kappa shape index (κ2) is 13.3. The molecule has 3 aliphatic rings. The lowest BCUT2D eigenvalue weighted by Gasteiger charge is -2.46. The van der Waals surface area contributed by atoms with E-state index in [1.807, 2.05) is 0 Å². The lowest BCUT2D eigenvalue weighted by molar-refractivity contribution is -0.353. The summed E-state index contributed by atoms with van der Waals surface area (Å²) >= 11 is 0. The SMILES string of the molecule is CC(=O)O[C@H]1[C@H](Oc2cc(O)cc3c2C=CC(c2ccc(O)c(O)c2)O3)O[C@H](CO)[C@@H](O)[C@@H]1O[C@@H]1O[C@H](CO)[C@@H](O)[C@H](O)[C@@H]1O. The van der Waals surface area contributed by atoms with Gasteiger partial charge in [-0.05, 0) is 24.3 Å². The number of fused-ring (bicyclic) bond motifs is 1. The van der Waals surface area contributed by atoms with Crippen LogP contribution in [0.4, 0.5) is 0 Å². The zero-order valence-electron chi connectivity index (χ0n) is 23.7. The van der Waals surface area contributed by atoms with Crippen molar-refractivity contribution in [1.82, 2.24) is 0 Å². The molecular formula is C29H34O16. The Bertz CT molecular complexity index is 1400. The molecule has 2 saturated heterocycles. The first-order valence-corrected chi connectivity index (χ1v) is 13.9. The van der Waals surface area contributed by atoms with Crippen LogP contribution in [0.2, 0.25) is 0 Å². The summed E-state index contributed by atoms with van der Waals surface area (Å²) in [7, 11) is 0. The second-order valence-corrected chi connectivity index (χ2v) is 10.7. The molecule has 2 aromatic carbocycles. The minimum absolute atomic E-state index is 0.0462. The number of rotatable bonds is 8. The van der Waals surface area contributed by atoms with Gasteiger partial charge in [-0.1, -0.05) is 6.07 Å². The fraction of sp³-hybridized carbons (Fsp3) is 0.483. The average Bonchev–Trinajstić information content (AvgIpc) is 3.00. The molecule has 0 aromatic heterocycles. The topological polar surface area (TPSA) is 255 Å². The minimum atomic E-state index is -1.87. The molecule has 3 aliphatic heterocycles. The third-order valence-electron chi connectivity index (χ3n) is 7.59. The Morgan fingerprint density at radius 2 is 1.51 bits per heavy atom. The van der Waals surface area contributed by atoms with Crippen molar-refractivity contribution in [3.8, 4) is 28.7 Å². The van der Waals surface area contributed by atoms with Crippen molar-refractivity contribution in [1.29, 1.82) is 0 Å². The quantitative estimate of drug-likeness (QED) is 0.118. The van der Waals surface area contributed by atoms with Crippen LogP contribution in [0.3, 0.4) is 0 Å². The maximum absolute atomic E-state index is 12.2. The molecule has 16 nitrogen and oxygen atoms in total.